The van der Waals surface area contributed by atoms with E-state index < -0.39 is 298 Å². The number of ether oxygens (including phenoxy) is 14. The van der Waals surface area contributed by atoms with Crippen molar-refractivity contribution in [3.8, 4) is 0 Å². The Morgan fingerprint density at radius 2 is 1.10 bits per heavy atom. The lowest BCUT2D eigenvalue weighted by atomic mass is 9.33. The zero-order valence-corrected chi connectivity index (χ0v) is 60.0. The predicted molar refractivity (Wildman–Crippen MR) is 344 cm³/mol. The van der Waals surface area contributed by atoms with Crippen LogP contribution in [0.5, 0.6) is 0 Å². The van der Waals surface area contributed by atoms with Gasteiger partial charge in [0.1, 0.15) is 133 Å². The van der Waals surface area contributed by atoms with Crippen LogP contribution in [0, 0.1) is 50.2 Å². The molecule has 36 heteroatoms. The van der Waals surface area contributed by atoms with Crippen LogP contribution in [0.15, 0.2) is 11.6 Å². The normalized spacial score (nSPS) is 55.8. The molecule has 11 fully saturated rings. The number of aliphatic hydroxyl groups excluding tert-OH is 20. The monoisotopic (exact) mass is 1520 g/mol. The number of fused-ring (bicyclic) bond motifs is 7. The zero-order valence-electron chi connectivity index (χ0n) is 60.0. The van der Waals surface area contributed by atoms with Crippen LogP contribution in [-0.2, 0) is 71.1 Å². The van der Waals surface area contributed by atoms with Crippen molar-refractivity contribution in [1.82, 2.24) is 0 Å². The van der Waals surface area contributed by atoms with Gasteiger partial charge in [0.25, 0.3) is 0 Å². The molecule has 0 spiro atoms. The number of carbonyl (C=O) groups excluding carboxylic acids is 1. The van der Waals surface area contributed by atoms with E-state index >= 15 is 4.79 Å². The molecule has 0 radical (unpaired) electrons. The summed E-state index contributed by atoms with van der Waals surface area (Å²) in [4.78, 5) is 16.1. The standard InChI is InChI=1S/C69H112O36/c1-25-37(76)51(102-58-47(86)42(81)39(78)31(18-70)98-58)52(103-57-49(88)44(83)50(26(2)97-57)101-56-46(85)41(80)33(21-94-56)100-61-53(89)68(91,23-72)24-95-61)60(96-25)105-62(90)69-14-13-63(3,4)15-28(69)27-9-10-35-64(5)16-29(73)54(65(6,22-71)34(64)11-12-66(35,7)67(27,8)17-36(69)75)104-59-48(87)43(82)40(79)32(99-59)20-93-55-45(84)38(77)30(74)19-92-55/h9,25-26,28-61,70-89,91H,10-24H2,1-8H3/t25-,26+,28+,29+,30+,31-,32-,33-,34-,35-,36-,37+,38+,39-,40-,41+,42+,43+,44+,45-,46-,47-,48-,49-,50+,51+,52-,53+,54+,55+,56+,57+,58+,59+,60+,61+,64+,65+,66-,67-,68-,69-/m1/s1. The Bertz CT molecular complexity index is 3010. The maximum Gasteiger partial charge on any atom is 0.317 e. The molecule has 7 saturated heterocycles. The Morgan fingerprint density at radius 3 is 1.76 bits per heavy atom. The fraction of sp³-hybridized carbons (Fsp3) is 0.957. The van der Waals surface area contributed by atoms with Crippen LogP contribution in [-0.4, -0.2) is 368 Å². The molecular formula is C69H112O36. The maximum atomic E-state index is 16.1. The van der Waals surface area contributed by atoms with Crippen molar-refractivity contribution < 1.29 is 178 Å². The van der Waals surface area contributed by atoms with Gasteiger partial charge >= 0.3 is 5.97 Å². The van der Waals surface area contributed by atoms with Gasteiger partial charge in [-0.05, 0) is 105 Å². The van der Waals surface area contributed by atoms with Gasteiger partial charge in [-0.25, -0.2) is 0 Å². The first-order valence-electron chi connectivity index (χ1n) is 36.6. The first-order valence-corrected chi connectivity index (χ1v) is 36.6. The van der Waals surface area contributed by atoms with Gasteiger partial charge < -0.3 is 174 Å². The third-order valence-corrected chi connectivity index (χ3v) is 26.7. The molecule has 0 aromatic carbocycles. The third kappa shape index (κ3) is 14.0. The van der Waals surface area contributed by atoms with E-state index in [1.807, 2.05) is 0 Å². The predicted octanol–water partition coefficient (Wildman–Crippen LogP) is -7.67. The minimum Gasteiger partial charge on any atom is -0.432 e. The number of rotatable bonds is 18. The summed E-state index contributed by atoms with van der Waals surface area (Å²) in [7, 11) is 0. The van der Waals surface area contributed by atoms with E-state index in [0.29, 0.717) is 32.1 Å². The van der Waals surface area contributed by atoms with Gasteiger partial charge in [-0.1, -0.05) is 53.2 Å². The quantitative estimate of drug-likeness (QED) is 0.0344. The number of hydrogen-bond acceptors (Lipinski definition) is 36. The molecule has 7 aliphatic heterocycles. The molecular weight excluding hydrogens is 1400 g/mol. The molecule has 0 aromatic heterocycles. The number of esters is 1. The van der Waals surface area contributed by atoms with E-state index in [2.05, 4.69) is 40.7 Å². The van der Waals surface area contributed by atoms with E-state index in [-0.39, 0.29) is 31.8 Å². The molecule has 0 bridgehead atoms. The summed E-state index contributed by atoms with van der Waals surface area (Å²) >= 11 is 0. The van der Waals surface area contributed by atoms with Crippen LogP contribution in [0.2, 0.25) is 0 Å². The van der Waals surface area contributed by atoms with Crippen LogP contribution < -0.4 is 0 Å². The largest absolute Gasteiger partial charge is 0.432 e. The van der Waals surface area contributed by atoms with E-state index in [1.165, 1.54) is 13.8 Å². The Morgan fingerprint density at radius 1 is 0.514 bits per heavy atom. The first kappa shape index (κ1) is 82.3. The van der Waals surface area contributed by atoms with Gasteiger partial charge in [-0.2, -0.15) is 0 Å². The topological polar surface area (TPSA) is 571 Å². The molecule has 0 unspecified atom stereocenters. The van der Waals surface area contributed by atoms with Crippen LogP contribution in [0.1, 0.15) is 107 Å². The molecule has 21 N–H and O–H groups in total. The smallest absolute Gasteiger partial charge is 0.317 e. The van der Waals surface area contributed by atoms with Crippen molar-refractivity contribution in [3.63, 3.8) is 0 Å². The summed E-state index contributed by atoms with van der Waals surface area (Å²) in [5, 5.41) is 234. The first-order chi connectivity index (χ1) is 49.2. The Kier molecular flexibility index (Phi) is 24.0. The molecule has 36 nitrogen and oxygen atoms in total. The van der Waals surface area contributed by atoms with E-state index in [4.69, 9.17) is 66.3 Å². The van der Waals surface area contributed by atoms with Gasteiger partial charge in [-0.15, -0.1) is 0 Å². The summed E-state index contributed by atoms with van der Waals surface area (Å²) in [6.45, 7) is 10.7. The summed E-state index contributed by atoms with van der Waals surface area (Å²) in [5.41, 5.74) is -6.99. The van der Waals surface area contributed by atoms with Crippen LogP contribution in [0.25, 0.3) is 0 Å². The van der Waals surface area contributed by atoms with Crippen molar-refractivity contribution in [1.29, 1.82) is 0 Å². The van der Waals surface area contributed by atoms with Gasteiger partial charge in [-0.3, -0.25) is 4.79 Å². The van der Waals surface area contributed by atoms with Crippen molar-refractivity contribution in [3.05, 3.63) is 11.6 Å². The SMILES string of the molecule is C[C@@H]1O[C@@H](O[C@H]2[C@H](OC(=O)[C@]34CCC(C)(C)C[C@H]3C3=CC[C@@H]5[C@@]6(C)C[C@H](O)[C@H](O[C@@H]7O[C@H](CO[C@@H]8OC[C@H](O)[C@H](O)[C@H]8O)[C@@H](O)[C@H](O)[C@H]7O)[C@@](C)(CO)[C@@H]6CC[C@@]5(C)[C@]3(C)C[C@H]4O)O[C@H](C)[C@H](O)[C@@H]2O[C@@H]2O[C@H](CO)[C@@H](O)[C@H](O)[C@H]2O)[C@H](O)[C@H](O)[C@H]1O[C@@H]1OC[C@@H](O[C@@H]2OC[C@](O)(CO)[C@H]2O)[C@H](O)[C@H]1O. The van der Waals surface area contributed by atoms with E-state index in [9.17, 15) is 107 Å². The molecule has 7 heterocycles. The third-order valence-electron chi connectivity index (χ3n) is 26.7. The summed E-state index contributed by atoms with van der Waals surface area (Å²) in [5.74, 6) is -2.36. The molecule has 105 heavy (non-hydrogen) atoms. The lowest BCUT2D eigenvalue weighted by molar-refractivity contribution is -0.392. The lowest BCUT2D eigenvalue weighted by Crippen LogP contribution is -2.71. The number of allylic oxidation sites excluding steroid dienone is 2. The Balaban J connectivity index is 0.793. The molecule has 4 saturated carbocycles. The highest BCUT2D eigenvalue weighted by molar-refractivity contribution is 5.80. The van der Waals surface area contributed by atoms with Gasteiger partial charge in [0.15, 0.2) is 43.8 Å². The summed E-state index contributed by atoms with van der Waals surface area (Å²) < 4.78 is 83.5. The van der Waals surface area contributed by atoms with Crippen LogP contribution >= 0.6 is 0 Å². The fourth-order valence-electron chi connectivity index (χ4n) is 20.1. The van der Waals surface area contributed by atoms with Gasteiger partial charge in [0.05, 0.1) is 76.8 Å². The number of aliphatic hydroxyl groups is 21. The van der Waals surface area contributed by atoms with E-state index in [0.717, 1.165) is 5.57 Å². The van der Waals surface area contributed by atoms with Crippen LogP contribution in [0.4, 0.5) is 0 Å². The van der Waals surface area contributed by atoms with Crippen molar-refractivity contribution in [2.24, 2.45) is 50.2 Å². The Hall–Kier alpha value is -2.15. The second-order valence-electron chi connectivity index (χ2n) is 33.6. The average Bonchev–Trinajstić information content (AvgIpc) is 1.00. The maximum absolute atomic E-state index is 16.1. The number of hydrogen-bond donors (Lipinski definition) is 21. The Labute approximate surface area is 605 Å². The minimum absolute atomic E-state index is 0.00542. The highest BCUT2D eigenvalue weighted by Crippen LogP contribution is 2.76. The molecule has 0 aromatic rings. The van der Waals surface area contributed by atoms with Gasteiger partial charge in [0, 0.05) is 5.41 Å². The van der Waals surface area contributed by atoms with Gasteiger partial charge in [0.2, 0.25) is 6.29 Å². The minimum atomic E-state index is -2.14. The fourth-order valence-corrected chi connectivity index (χ4v) is 20.1. The molecule has 0 amide bonds. The highest BCUT2D eigenvalue weighted by atomic mass is 16.8. The lowest BCUT2D eigenvalue weighted by Gasteiger charge is -2.72. The van der Waals surface area contributed by atoms with E-state index in [1.54, 1.807) is 6.92 Å². The molecule has 604 valence electrons. The molecule has 5 aliphatic carbocycles. The molecule has 12 rings (SSSR count). The summed E-state index contributed by atoms with van der Waals surface area (Å²) in [6.07, 6.45) is -52.1. The van der Waals surface area contributed by atoms with Crippen molar-refractivity contribution in [2.75, 3.05) is 46.2 Å². The number of carbonyl (C=O) groups is 1. The highest BCUT2D eigenvalue weighted by Gasteiger charge is 2.74. The van der Waals surface area contributed by atoms with Crippen molar-refractivity contribution >= 4 is 5.97 Å². The average molecular weight is 1520 g/mol. The summed E-state index contributed by atoms with van der Waals surface area (Å²) in [6, 6.07) is 0. The molecule has 12 aliphatic rings. The molecule has 42 atom stereocenters. The zero-order chi connectivity index (χ0) is 76.7. The van der Waals surface area contributed by atoms with Crippen molar-refractivity contribution in [2.45, 2.75) is 315 Å². The van der Waals surface area contributed by atoms with Crippen LogP contribution in [0.3, 0.4) is 0 Å². The second-order valence-corrected chi connectivity index (χ2v) is 33.6. The second kappa shape index (κ2) is 30.6.